The van der Waals surface area contributed by atoms with Crippen molar-refractivity contribution in [2.24, 2.45) is 0 Å². The number of aromatic nitrogens is 1. The number of rotatable bonds is 7. The third kappa shape index (κ3) is 5.49. The number of benzene rings is 3. The second-order valence-electron chi connectivity index (χ2n) is 8.32. The van der Waals surface area contributed by atoms with Crippen molar-refractivity contribution in [3.05, 3.63) is 93.9 Å². The van der Waals surface area contributed by atoms with Gasteiger partial charge < -0.3 is 10.1 Å². The first-order valence-corrected chi connectivity index (χ1v) is 11.9. The fourth-order valence-electron chi connectivity index (χ4n) is 3.57. The van der Waals surface area contributed by atoms with Gasteiger partial charge in [0.25, 0.3) is 5.91 Å². The lowest BCUT2D eigenvalue weighted by Gasteiger charge is -2.14. The predicted octanol–water partition coefficient (Wildman–Crippen LogP) is 6.41. The van der Waals surface area contributed by atoms with Crippen LogP contribution in [0.15, 0.2) is 66.0 Å². The molecule has 4 aromatic rings. The molecule has 1 N–H and O–H groups in total. The summed E-state index contributed by atoms with van der Waals surface area (Å²) in [6, 6.07) is 20.6. The number of hydrogen-bond donors (Lipinski definition) is 1. The third-order valence-corrected chi connectivity index (χ3v) is 6.65. The number of carbonyl (C=O) groups is 1. The van der Waals surface area contributed by atoms with E-state index in [1.807, 2.05) is 39.0 Å². The Morgan fingerprint density at radius 3 is 2.27 bits per heavy atom. The molecule has 0 fully saturated rings. The van der Waals surface area contributed by atoms with Crippen LogP contribution in [0.1, 0.15) is 27.8 Å². The van der Waals surface area contributed by atoms with Gasteiger partial charge in [0.2, 0.25) is 0 Å². The first kappa shape index (κ1) is 22.7. The summed E-state index contributed by atoms with van der Waals surface area (Å²) in [5, 5.41) is 6.01. The molecule has 1 aromatic heterocycles. The number of nitrogens with zero attached hydrogens (tertiary/aromatic N) is 1. The molecule has 0 bridgehead atoms. The Morgan fingerprint density at radius 1 is 0.879 bits per heavy atom. The van der Waals surface area contributed by atoms with Gasteiger partial charge in [-0.15, -0.1) is 11.3 Å². The van der Waals surface area contributed by atoms with E-state index in [4.69, 9.17) is 9.72 Å². The van der Waals surface area contributed by atoms with E-state index in [1.165, 1.54) is 5.56 Å². The highest BCUT2D eigenvalue weighted by atomic mass is 32.1. The van der Waals surface area contributed by atoms with Crippen LogP contribution >= 0.6 is 11.3 Å². The molecular weight excluding hydrogens is 428 g/mol. The average molecular weight is 457 g/mol. The summed E-state index contributed by atoms with van der Waals surface area (Å²) in [6.45, 7) is 8.60. The smallest absolute Gasteiger partial charge is 0.258 e. The molecule has 168 valence electrons. The van der Waals surface area contributed by atoms with Crippen LogP contribution in [0.5, 0.6) is 5.75 Å². The monoisotopic (exact) mass is 456 g/mol. The van der Waals surface area contributed by atoms with Gasteiger partial charge in [0.15, 0.2) is 6.61 Å². The Hall–Kier alpha value is -3.44. The Labute approximate surface area is 199 Å². The van der Waals surface area contributed by atoms with E-state index >= 15 is 0 Å². The van der Waals surface area contributed by atoms with E-state index in [1.54, 1.807) is 11.3 Å². The molecule has 0 spiro atoms. The maximum atomic E-state index is 12.3. The minimum atomic E-state index is -0.137. The Morgan fingerprint density at radius 2 is 1.55 bits per heavy atom. The van der Waals surface area contributed by atoms with Crippen LogP contribution in [0.25, 0.3) is 21.8 Å². The minimum Gasteiger partial charge on any atom is -0.483 e. The predicted molar refractivity (Wildman–Crippen MR) is 136 cm³/mol. The van der Waals surface area contributed by atoms with Gasteiger partial charge in [-0.1, -0.05) is 66.2 Å². The fraction of sp³-hybridized carbons (Fsp3) is 0.214. The first-order chi connectivity index (χ1) is 15.9. The van der Waals surface area contributed by atoms with Crippen molar-refractivity contribution in [1.29, 1.82) is 0 Å². The van der Waals surface area contributed by atoms with Crippen LogP contribution in [0.2, 0.25) is 0 Å². The summed E-state index contributed by atoms with van der Waals surface area (Å²) in [5.41, 5.74) is 8.73. The molecule has 0 atom stereocenters. The van der Waals surface area contributed by atoms with Crippen molar-refractivity contribution in [3.63, 3.8) is 0 Å². The van der Waals surface area contributed by atoms with Crippen LogP contribution in [-0.4, -0.2) is 17.5 Å². The third-order valence-electron chi connectivity index (χ3n) is 5.76. The van der Waals surface area contributed by atoms with Crippen molar-refractivity contribution in [2.45, 2.75) is 34.2 Å². The zero-order chi connectivity index (χ0) is 23.4. The SMILES string of the molecule is Cc1ccc(-c2csc(-c3ccc(CNC(=O)COc4c(C)ccc(C)c4C)cc3)n2)cc1. The molecule has 1 amide bonds. The van der Waals surface area contributed by atoms with Crippen LogP contribution in [-0.2, 0) is 11.3 Å². The molecule has 33 heavy (non-hydrogen) atoms. The topological polar surface area (TPSA) is 51.2 Å². The molecule has 3 aromatic carbocycles. The van der Waals surface area contributed by atoms with Gasteiger partial charge in [-0.3, -0.25) is 4.79 Å². The van der Waals surface area contributed by atoms with E-state index < -0.39 is 0 Å². The molecule has 0 unspecified atom stereocenters. The molecule has 0 aliphatic carbocycles. The average Bonchev–Trinajstić information content (AvgIpc) is 3.31. The lowest BCUT2D eigenvalue weighted by Crippen LogP contribution is -2.28. The molecule has 0 saturated heterocycles. The van der Waals surface area contributed by atoms with Crippen molar-refractivity contribution in [3.8, 4) is 27.6 Å². The number of hydrogen-bond acceptors (Lipinski definition) is 4. The van der Waals surface area contributed by atoms with Gasteiger partial charge in [-0.25, -0.2) is 4.98 Å². The molecule has 5 heteroatoms. The number of thiazole rings is 1. The van der Waals surface area contributed by atoms with E-state index in [2.05, 4.69) is 60.1 Å². The number of ether oxygens (including phenoxy) is 1. The molecule has 0 aliphatic rings. The number of carbonyl (C=O) groups excluding carboxylic acids is 1. The maximum Gasteiger partial charge on any atom is 0.258 e. The first-order valence-electron chi connectivity index (χ1n) is 11.0. The molecule has 4 nitrogen and oxygen atoms in total. The van der Waals surface area contributed by atoms with Crippen LogP contribution in [0.4, 0.5) is 0 Å². The summed E-state index contributed by atoms with van der Waals surface area (Å²) in [7, 11) is 0. The van der Waals surface area contributed by atoms with E-state index in [0.29, 0.717) is 6.54 Å². The summed E-state index contributed by atoms with van der Waals surface area (Å²) >= 11 is 1.64. The van der Waals surface area contributed by atoms with Crippen molar-refractivity contribution in [1.82, 2.24) is 10.3 Å². The number of nitrogens with one attached hydrogen (secondary N) is 1. The minimum absolute atomic E-state index is 0.00409. The fourth-order valence-corrected chi connectivity index (χ4v) is 4.40. The van der Waals surface area contributed by atoms with Gasteiger partial charge in [0.05, 0.1) is 5.69 Å². The number of amides is 1. The Kier molecular flexibility index (Phi) is 6.90. The van der Waals surface area contributed by atoms with Gasteiger partial charge in [0.1, 0.15) is 10.8 Å². The zero-order valence-corrected chi connectivity index (χ0v) is 20.3. The van der Waals surface area contributed by atoms with Crippen LogP contribution < -0.4 is 10.1 Å². The quantitative estimate of drug-likeness (QED) is 0.350. The summed E-state index contributed by atoms with van der Waals surface area (Å²) < 4.78 is 5.80. The molecular formula is C28H28N2O2S. The zero-order valence-electron chi connectivity index (χ0n) is 19.4. The van der Waals surface area contributed by atoms with Gasteiger partial charge in [-0.05, 0) is 49.9 Å². The Bertz CT molecular complexity index is 1260. The normalized spacial score (nSPS) is 10.8. The number of aryl methyl sites for hydroxylation is 3. The van der Waals surface area contributed by atoms with Crippen molar-refractivity contribution >= 4 is 17.2 Å². The second-order valence-corrected chi connectivity index (χ2v) is 9.18. The lowest BCUT2D eigenvalue weighted by molar-refractivity contribution is -0.123. The summed E-state index contributed by atoms with van der Waals surface area (Å²) in [5.74, 6) is 0.657. The van der Waals surface area contributed by atoms with Crippen LogP contribution in [0, 0.1) is 27.7 Å². The van der Waals surface area contributed by atoms with Gasteiger partial charge in [0, 0.05) is 23.1 Å². The van der Waals surface area contributed by atoms with Crippen LogP contribution in [0.3, 0.4) is 0 Å². The molecule has 4 rings (SSSR count). The standard InChI is InChI=1S/C28H28N2O2S/c1-18-5-11-23(12-6-18)25-17-33-28(30-25)24-13-9-22(10-14-24)15-29-26(31)16-32-27-20(3)8-7-19(2)21(27)4/h5-14,17H,15-16H2,1-4H3,(H,29,31). The summed E-state index contributed by atoms with van der Waals surface area (Å²) in [4.78, 5) is 17.1. The molecule has 1 heterocycles. The Balaban J connectivity index is 1.32. The van der Waals surface area contributed by atoms with Crippen molar-refractivity contribution in [2.75, 3.05) is 6.61 Å². The van der Waals surface area contributed by atoms with E-state index in [9.17, 15) is 4.79 Å². The van der Waals surface area contributed by atoms with Crippen molar-refractivity contribution < 1.29 is 9.53 Å². The highest BCUT2D eigenvalue weighted by molar-refractivity contribution is 7.13. The van der Waals surface area contributed by atoms with E-state index in [0.717, 1.165) is 49.8 Å². The highest BCUT2D eigenvalue weighted by Crippen LogP contribution is 2.29. The second kappa shape index (κ2) is 10.0. The highest BCUT2D eigenvalue weighted by Gasteiger charge is 2.10. The molecule has 0 radical (unpaired) electrons. The summed E-state index contributed by atoms with van der Waals surface area (Å²) in [6.07, 6.45) is 0. The van der Waals surface area contributed by atoms with E-state index in [-0.39, 0.29) is 12.5 Å². The molecule has 0 saturated carbocycles. The lowest BCUT2D eigenvalue weighted by atomic mass is 10.1. The maximum absolute atomic E-state index is 12.3. The molecule has 0 aliphatic heterocycles. The largest absolute Gasteiger partial charge is 0.483 e. The van der Waals surface area contributed by atoms with Gasteiger partial charge in [-0.2, -0.15) is 0 Å². The van der Waals surface area contributed by atoms with Gasteiger partial charge >= 0.3 is 0 Å².